The lowest BCUT2D eigenvalue weighted by Crippen LogP contribution is -2.10. The predicted molar refractivity (Wildman–Crippen MR) is 48.0 cm³/mol. The van der Waals surface area contributed by atoms with Crippen LogP contribution in [0.5, 0.6) is 0 Å². The summed E-state index contributed by atoms with van der Waals surface area (Å²) in [7, 11) is 0. The largest absolute Gasteiger partial charge is 0.370 e. The molecule has 1 aliphatic heterocycles. The van der Waals surface area contributed by atoms with Crippen molar-refractivity contribution in [3.8, 4) is 0 Å². The van der Waals surface area contributed by atoms with E-state index in [0.717, 1.165) is 25.5 Å². The van der Waals surface area contributed by atoms with Gasteiger partial charge in [0.05, 0.1) is 12.2 Å². The van der Waals surface area contributed by atoms with E-state index >= 15 is 0 Å². The van der Waals surface area contributed by atoms with Gasteiger partial charge in [-0.3, -0.25) is 0 Å². The Morgan fingerprint density at radius 2 is 2.50 bits per heavy atom. The second kappa shape index (κ2) is 4.41. The molecule has 0 bridgehead atoms. The Bertz CT molecular complexity index is 175. The molecule has 0 aromatic heterocycles. The summed E-state index contributed by atoms with van der Waals surface area (Å²) in [4.78, 5) is 10.1. The minimum absolute atomic E-state index is 0.238. The van der Waals surface area contributed by atoms with E-state index in [2.05, 4.69) is 13.5 Å². The van der Waals surface area contributed by atoms with E-state index in [4.69, 9.17) is 4.74 Å². The summed E-state index contributed by atoms with van der Waals surface area (Å²) in [6.07, 6.45) is 4.82. The summed E-state index contributed by atoms with van der Waals surface area (Å²) in [5.41, 5.74) is 1.19. The molecule has 0 aromatic rings. The van der Waals surface area contributed by atoms with Crippen LogP contribution in [-0.2, 0) is 9.53 Å². The van der Waals surface area contributed by atoms with Crippen molar-refractivity contribution in [2.45, 2.75) is 44.8 Å². The van der Waals surface area contributed by atoms with Crippen LogP contribution in [0.15, 0.2) is 12.2 Å². The maximum absolute atomic E-state index is 10.1. The highest BCUT2D eigenvalue weighted by molar-refractivity contribution is 5.49. The molecular weight excluding hydrogens is 152 g/mol. The molecule has 1 heterocycles. The molecule has 68 valence electrons. The van der Waals surface area contributed by atoms with Crippen molar-refractivity contribution in [3.63, 3.8) is 0 Å². The van der Waals surface area contributed by atoms with E-state index < -0.39 is 0 Å². The highest BCUT2D eigenvalue weighted by atomic mass is 16.5. The van der Waals surface area contributed by atoms with Crippen LogP contribution in [0, 0.1) is 0 Å². The first-order valence-electron chi connectivity index (χ1n) is 4.54. The standard InChI is InChI=1S/C10H16O2/c1-3-10-8(2)7-9(12-10)5-4-6-11/h6,9-10H,2-5,7H2,1H3/t9-,10-/m0/s1. The monoisotopic (exact) mass is 168 g/mol. The molecule has 0 spiro atoms. The van der Waals surface area contributed by atoms with E-state index in [-0.39, 0.29) is 12.2 Å². The molecular formula is C10H16O2. The number of rotatable bonds is 4. The molecule has 1 aliphatic rings. The van der Waals surface area contributed by atoms with Gasteiger partial charge in [0.25, 0.3) is 0 Å². The Labute approximate surface area is 73.6 Å². The SMILES string of the molecule is C=C1C[C@H](CCC=O)O[C@H]1CC. The molecule has 0 radical (unpaired) electrons. The maximum Gasteiger partial charge on any atom is 0.120 e. The van der Waals surface area contributed by atoms with E-state index in [1.807, 2.05) is 0 Å². The number of hydrogen-bond donors (Lipinski definition) is 0. The lowest BCUT2D eigenvalue weighted by molar-refractivity contribution is -0.108. The molecule has 1 fully saturated rings. The van der Waals surface area contributed by atoms with Gasteiger partial charge < -0.3 is 9.53 Å². The van der Waals surface area contributed by atoms with Crippen LogP contribution in [0.25, 0.3) is 0 Å². The number of aldehydes is 1. The molecule has 0 aromatic carbocycles. The van der Waals surface area contributed by atoms with Gasteiger partial charge in [-0.15, -0.1) is 0 Å². The van der Waals surface area contributed by atoms with Crippen LogP contribution in [0.4, 0.5) is 0 Å². The van der Waals surface area contributed by atoms with Crippen molar-refractivity contribution in [1.82, 2.24) is 0 Å². The summed E-state index contributed by atoms with van der Waals surface area (Å²) >= 11 is 0. The molecule has 0 unspecified atom stereocenters. The molecule has 2 atom stereocenters. The average molecular weight is 168 g/mol. The van der Waals surface area contributed by atoms with Crippen molar-refractivity contribution >= 4 is 6.29 Å². The Hall–Kier alpha value is -0.630. The van der Waals surface area contributed by atoms with Gasteiger partial charge in [-0.05, 0) is 24.8 Å². The molecule has 0 aliphatic carbocycles. The average Bonchev–Trinajstić information content (AvgIpc) is 2.43. The van der Waals surface area contributed by atoms with Crippen molar-refractivity contribution < 1.29 is 9.53 Å². The Morgan fingerprint density at radius 1 is 1.75 bits per heavy atom. The summed E-state index contributed by atoms with van der Waals surface area (Å²) in [6.45, 7) is 6.05. The summed E-state index contributed by atoms with van der Waals surface area (Å²) in [6, 6.07) is 0. The third-order valence-corrected chi connectivity index (χ3v) is 2.28. The molecule has 0 amide bonds. The zero-order valence-electron chi connectivity index (χ0n) is 7.58. The zero-order chi connectivity index (χ0) is 8.97. The zero-order valence-corrected chi connectivity index (χ0v) is 7.58. The Morgan fingerprint density at radius 3 is 3.00 bits per heavy atom. The van der Waals surface area contributed by atoms with Crippen molar-refractivity contribution in [1.29, 1.82) is 0 Å². The molecule has 0 saturated carbocycles. The first-order valence-corrected chi connectivity index (χ1v) is 4.54. The minimum Gasteiger partial charge on any atom is -0.370 e. The van der Waals surface area contributed by atoms with Gasteiger partial charge in [0.15, 0.2) is 0 Å². The van der Waals surface area contributed by atoms with Crippen LogP contribution in [-0.4, -0.2) is 18.5 Å². The van der Waals surface area contributed by atoms with E-state index in [9.17, 15) is 4.79 Å². The normalized spacial score (nSPS) is 29.2. The number of carbonyl (C=O) groups excluding carboxylic acids is 1. The van der Waals surface area contributed by atoms with E-state index in [1.165, 1.54) is 5.57 Å². The lowest BCUT2D eigenvalue weighted by atomic mass is 10.1. The van der Waals surface area contributed by atoms with E-state index in [0.29, 0.717) is 6.42 Å². The summed E-state index contributed by atoms with van der Waals surface area (Å²) in [5, 5.41) is 0. The van der Waals surface area contributed by atoms with Crippen LogP contribution in [0.2, 0.25) is 0 Å². The second-order valence-corrected chi connectivity index (χ2v) is 3.26. The van der Waals surface area contributed by atoms with Gasteiger partial charge in [-0.1, -0.05) is 13.5 Å². The molecule has 1 rings (SSSR count). The Kier molecular flexibility index (Phi) is 3.48. The summed E-state index contributed by atoms with van der Waals surface area (Å²) < 4.78 is 5.67. The van der Waals surface area contributed by atoms with Gasteiger partial charge in [-0.25, -0.2) is 0 Å². The number of carbonyl (C=O) groups is 1. The van der Waals surface area contributed by atoms with Gasteiger partial charge in [0.1, 0.15) is 6.29 Å². The third-order valence-electron chi connectivity index (χ3n) is 2.28. The highest BCUT2D eigenvalue weighted by Crippen LogP contribution is 2.28. The first kappa shape index (κ1) is 9.46. The third kappa shape index (κ3) is 2.18. The van der Waals surface area contributed by atoms with Gasteiger partial charge in [-0.2, -0.15) is 0 Å². The topological polar surface area (TPSA) is 26.3 Å². The fourth-order valence-electron chi connectivity index (χ4n) is 1.61. The molecule has 0 N–H and O–H groups in total. The Balaban J connectivity index is 2.32. The lowest BCUT2D eigenvalue weighted by Gasteiger charge is -2.09. The van der Waals surface area contributed by atoms with Crippen molar-refractivity contribution in [3.05, 3.63) is 12.2 Å². The predicted octanol–water partition coefficient (Wildman–Crippen LogP) is 2.09. The van der Waals surface area contributed by atoms with Crippen LogP contribution < -0.4 is 0 Å². The number of hydrogen-bond acceptors (Lipinski definition) is 2. The van der Waals surface area contributed by atoms with Gasteiger partial charge >= 0.3 is 0 Å². The van der Waals surface area contributed by atoms with E-state index in [1.54, 1.807) is 0 Å². The van der Waals surface area contributed by atoms with Gasteiger partial charge in [0.2, 0.25) is 0 Å². The van der Waals surface area contributed by atoms with Crippen LogP contribution in [0.1, 0.15) is 32.6 Å². The first-order chi connectivity index (χ1) is 5.77. The molecule has 1 saturated heterocycles. The van der Waals surface area contributed by atoms with Crippen molar-refractivity contribution in [2.75, 3.05) is 0 Å². The summed E-state index contributed by atoms with van der Waals surface area (Å²) in [5.74, 6) is 0. The number of ether oxygens (including phenoxy) is 1. The van der Waals surface area contributed by atoms with Crippen LogP contribution >= 0.6 is 0 Å². The molecule has 12 heavy (non-hydrogen) atoms. The molecule has 2 heteroatoms. The smallest absolute Gasteiger partial charge is 0.120 e. The highest BCUT2D eigenvalue weighted by Gasteiger charge is 2.26. The second-order valence-electron chi connectivity index (χ2n) is 3.26. The minimum atomic E-state index is 0.238. The van der Waals surface area contributed by atoms with Gasteiger partial charge in [0, 0.05) is 6.42 Å². The molecule has 2 nitrogen and oxygen atoms in total. The fourth-order valence-corrected chi connectivity index (χ4v) is 1.61. The fraction of sp³-hybridized carbons (Fsp3) is 0.700. The van der Waals surface area contributed by atoms with Crippen LogP contribution in [0.3, 0.4) is 0 Å². The van der Waals surface area contributed by atoms with Crippen molar-refractivity contribution in [2.24, 2.45) is 0 Å². The quantitative estimate of drug-likeness (QED) is 0.474. The maximum atomic E-state index is 10.1.